The number of carbonyl (C=O) groups excluding carboxylic acids is 1. The van der Waals surface area contributed by atoms with Crippen molar-refractivity contribution < 1.29 is 134 Å². The molecule has 9 nitrogen and oxygen atoms in total. The van der Waals surface area contributed by atoms with E-state index in [0.717, 1.165) is 150 Å². The average Bonchev–Trinajstić information content (AvgIpc) is 1.53. The van der Waals surface area contributed by atoms with Gasteiger partial charge in [-0.2, -0.15) is 44.9 Å². The summed E-state index contributed by atoms with van der Waals surface area (Å²) in [5, 5.41) is 3.75. The first-order valence-electron chi connectivity index (χ1n) is 45.2. The first-order chi connectivity index (χ1) is 56.8. The van der Waals surface area contributed by atoms with E-state index in [1.54, 1.807) is 5.56 Å². The van der Waals surface area contributed by atoms with E-state index in [4.69, 9.17) is 23.9 Å². The molecule has 15 heterocycles. The summed E-state index contributed by atoms with van der Waals surface area (Å²) in [5.74, 6) is 12.9. The van der Waals surface area contributed by atoms with Crippen molar-refractivity contribution in [1.29, 1.82) is 0 Å². The second-order valence-corrected chi connectivity index (χ2v) is 42.2. The van der Waals surface area contributed by atoms with Crippen LogP contribution in [0.25, 0.3) is 6.15 Å². The maximum absolute atomic E-state index is 11.7. The maximum atomic E-state index is 11.7. The summed E-state index contributed by atoms with van der Waals surface area (Å²) in [4.78, 5) is 26.0. The minimum absolute atomic E-state index is 0. The number of aryl methyl sites for hydroxylation is 7. The number of anilines is 1. The molecule has 0 amide bonds. The summed E-state index contributed by atoms with van der Waals surface area (Å²) in [6.45, 7) is 62.9. The zero-order valence-corrected chi connectivity index (χ0v) is 94.0. The molecule has 24 rings (SSSR count). The van der Waals surface area contributed by atoms with Gasteiger partial charge in [0.15, 0.2) is 0 Å². The molecule has 8 atom stereocenters. The third-order valence-corrected chi connectivity index (χ3v) is 33.4. The molecular weight excluding hydrogens is 1960 g/mol. The second-order valence-electron chi connectivity index (χ2n) is 40.0. The fourth-order valence-electron chi connectivity index (χ4n) is 24.0. The first kappa shape index (κ1) is 116. The van der Waals surface area contributed by atoms with Gasteiger partial charge in [-0.3, -0.25) is 20.7 Å². The van der Waals surface area contributed by atoms with Gasteiger partial charge < -0.3 is 35.1 Å². The van der Waals surface area contributed by atoms with Gasteiger partial charge in [0.05, 0.1) is 63.2 Å². The van der Waals surface area contributed by atoms with Crippen molar-refractivity contribution in [2.45, 2.75) is 230 Å². The zero-order chi connectivity index (χ0) is 87.4. The molecule has 4 aliphatic carbocycles. The van der Waals surface area contributed by atoms with E-state index in [2.05, 4.69) is 314 Å². The maximum Gasteiger partial charge on any atom is 1.00 e. The third kappa shape index (κ3) is 27.3. The topological polar surface area (TPSA) is 82.8 Å². The Kier molecular flexibility index (Phi) is 46.2. The van der Waals surface area contributed by atoms with Crippen LogP contribution >= 0.6 is 63.7 Å². The van der Waals surface area contributed by atoms with Gasteiger partial charge >= 0.3 is 120 Å². The Balaban J connectivity index is 0.000000252. The predicted molar refractivity (Wildman–Crippen MR) is 537 cm³/mol. The van der Waals surface area contributed by atoms with Crippen LogP contribution in [0.3, 0.4) is 0 Å². The minimum atomic E-state index is 0. The molecule has 2 aromatic heterocycles. The van der Waals surface area contributed by atoms with Crippen LogP contribution in [0.5, 0.6) is 0 Å². The van der Waals surface area contributed by atoms with Crippen molar-refractivity contribution in [3.8, 4) is 0 Å². The van der Waals surface area contributed by atoms with Crippen LogP contribution in [0.2, 0.25) is 0 Å². The van der Waals surface area contributed by atoms with Crippen molar-refractivity contribution in [1.82, 2.24) is 14.9 Å². The van der Waals surface area contributed by atoms with Crippen LogP contribution in [-0.4, -0.2) is 149 Å². The monoisotopic (exact) mass is 2100 g/mol. The number of quaternary nitrogens is 3. The summed E-state index contributed by atoms with van der Waals surface area (Å²) < 4.78 is 2.43. The van der Waals surface area contributed by atoms with Gasteiger partial charge in [0, 0.05) is 140 Å². The molecule has 16 bridgehead atoms. The van der Waals surface area contributed by atoms with Crippen LogP contribution < -0.4 is 101 Å². The Morgan fingerprint density at radius 2 is 0.841 bits per heavy atom. The molecule has 12 saturated heterocycles. The van der Waals surface area contributed by atoms with Gasteiger partial charge in [0.1, 0.15) is 5.78 Å². The van der Waals surface area contributed by atoms with Crippen LogP contribution in [0.4, 0.5) is 5.69 Å². The molecule has 5 aromatic carbocycles. The van der Waals surface area contributed by atoms with Gasteiger partial charge in [-0.05, 0) is 256 Å². The molecular formula is C106H150B3Br4Li2N8OPdRb+2. The number of benzene rings is 5. The van der Waals surface area contributed by atoms with Crippen LogP contribution in [0, 0.1) is 201 Å². The fraction of sp³-hybridized carbons (Fsp3) is 0.566. The molecule has 13 aliphatic heterocycles. The predicted octanol–water partition coefficient (Wildman–Crippen LogP) is 15.9. The van der Waals surface area contributed by atoms with Gasteiger partial charge in [-0.25, -0.2) is 0 Å². The van der Waals surface area contributed by atoms with Crippen molar-refractivity contribution >= 4 is 99.1 Å². The van der Waals surface area contributed by atoms with Gasteiger partial charge in [-0.15, -0.1) is 30.4 Å². The van der Waals surface area contributed by atoms with Gasteiger partial charge in [0.2, 0.25) is 0 Å². The molecule has 2 N–H and O–H groups in total. The van der Waals surface area contributed by atoms with Crippen LogP contribution in [0.1, 0.15) is 208 Å². The molecule has 20 heteroatoms. The number of rotatable bonds is 6. The molecule has 6 radical (unpaired) electrons. The normalized spacial score (nSPS) is 28.5. The van der Waals surface area contributed by atoms with Crippen LogP contribution in [-0.2, 0) is 59.4 Å². The first-order valence-corrected chi connectivity index (χ1v) is 49.7. The summed E-state index contributed by atoms with van der Waals surface area (Å²) in [6.07, 6.45) is 13.3. The Labute approximate surface area is 891 Å². The second kappa shape index (κ2) is 50.4. The summed E-state index contributed by atoms with van der Waals surface area (Å²) in [7, 11) is 21.3. The number of likely N-dealkylation sites (N-methyl/N-ethyl adjacent to an activating group) is 1. The van der Waals surface area contributed by atoms with E-state index >= 15 is 0 Å². The van der Waals surface area contributed by atoms with Crippen LogP contribution in [0.15, 0.2) is 109 Å². The number of alkyl halides is 4. The summed E-state index contributed by atoms with van der Waals surface area (Å²) >= 11 is 13.9. The molecule has 8 unspecified atom stereocenters. The fourth-order valence-corrected chi connectivity index (χ4v) is 27.2. The molecule has 126 heavy (non-hydrogen) atoms. The number of ketones is 1. The van der Waals surface area contributed by atoms with E-state index < -0.39 is 0 Å². The number of fused-ring (bicyclic) bond motifs is 1. The summed E-state index contributed by atoms with van der Waals surface area (Å²) in [6, 6.07) is 34.4. The largest absolute Gasteiger partial charge is 1.00 e. The Morgan fingerprint density at radius 3 is 1.25 bits per heavy atom. The number of hydrogen-bond acceptors (Lipinski definition) is 5. The molecule has 1 spiro atoms. The minimum Gasteiger partial charge on any atom is -0.693 e. The summed E-state index contributed by atoms with van der Waals surface area (Å²) in [5.41, 5.74) is 34.4. The van der Waals surface area contributed by atoms with E-state index in [0.29, 0.717) is 27.6 Å². The third-order valence-electron chi connectivity index (χ3n) is 31.1. The molecule has 4 saturated carbocycles. The number of nitrogens with zero attached hydrogens (tertiary/aromatic N) is 7. The Bertz CT molecular complexity index is 4550. The van der Waals surface area contributed by atoms with Crippen molar-refractivity contribution in [2.75, 3.05) is 90.5 Å². The number of piperidine rings is 12. The van der Waals surface area contributed by atoms with E-state index in [1.165, 1.54) is 222 Å². The Morgan fingerprint density at radius 1 is 0.468 bits per heavy atom. The van der Waals surface area contributed by atoms with Gasteiger partial charge in [0.25, 0.3) is 0 Å². The number of carbonyl (C=O) groups is 1. The van der Waals surface area contributed by atoms with E-state index in [-0.39, 0.29) is 130 Å². The molecule has 668 valence electrons. The molecule has 17 aliphatic rings. The average molecular weight is 2110 g/mol. The smallest absolute Gasteiger partial charge is 0.693 e. The van der Waals surface area contributed by atoms with Crippen molar-refractivity contribution in [3.05, 3.63) is 263 Å². The van der Waals surface area contributed by atoms with E-state index in [1.807, 2.05) is 24.1 Å². The Hall–Kier alpha value is -0.943. The standard InChI is InChI=1S/C17H22BN.C17H22N2.C12H17Br.C10H15BN.2C10H14BrN.C9H13BNO.C8H9Br.C8H9.C4H9.CH4.2Li.H2N.Pd.Rb/c1-12-4-2-3-5-14(12)8-17-15-6-13-7-16(17)11-19(18,9-13)10-15;1-18-16-5-3-2-4-13(16)8-17(18)14-6-12-7-15(17)11-19(9-12)10-14;1-7-8(2)10(4)12(6-13)11(5)9(7)3;1-7-9-2-8-3-10(7)6-12(11,4-8)5-9;1-6-8(3)12-9(4)7(2)10(6)5-11;1-6-7(2)10(5-11)9(4)12-8(6)3;10-11-3-6-1-7(4-11)9(12)8(2-6)5-11;1-7-4-2-3-5-8(7)6-9;1-7-5-3-4-6-8(7)2;1-4(2)3;;;;;;/h2-5,13,15-16H,6-11H2,1H3;2-5,12,14-15H,6-11H2,1H3;6H2,1-5H3;8-10H,1-6H2;2*5H2,1-4H3;6-8H,1-5H2;2-5H,6H2,1H3;3-6H,1H2,2H3;1-3H3;1H4;;;1H2;;/q;;;+1;;;+1;;2*-1;;2*+1;-1;;+1. The van der Waals surface area contributed by atoms with Crippen molar-refractivity contribution in [2.24, 2.45) is 71.0 Å². The SMILES string of the molecule is C.CN1c2ccccc2CC12C1CC3CC2CN(C3)C1.C[C-](C)C.Cc1c(C)c(C)c(CBr)c(C)c1C.Cc1ccccc1CBr.Cc1nc(C)c(C)c(CBr)c1C.Cc1nc(C)c(CBr)c(C)c1C.[B][N+]12CC3CC(C1)C(=C)C(C3)C2.[B][N+]12CC3CC(C1)C(=O)C(C3)C2.[B][N+]12CC3CC(C1)[C-](Cc1ccccc1C)C(C3)C2.[CH2-]c1ccccc1C.[Li+].[Li+].[NH2-].[Pd].[Rb+]. The zero-order valence-electron chi connectivity index (χ0n) is 81.1. The number of pyridine rings is 2. The number of halogens is 4. The van der Waals surface area contributed by atoms with Gasteiger partial charge in [-0.1, -0.05) is 187 Å². The number of hydrogen-bond donors (Lipinski definition) is 0. The van der Waals surface area contributed by atoms with E-state index in [9.17, 15) is 4.79 Å². The number of nitrogens with two attached hydrogens (primary N) is 1. The molecule has 16 fully saturated rings. The quantitative estimate of drug-likeness (QED) is 0.0717. The number of Topliss-reactive ketones (excluding diaryl/α,β-unsaturated/α-hetero) is 1. The number of para-hydroxylation sites is 1. The molecule has 7 aromatic rings. The van der Waals surface area contributed by atoms with Crippen molar-refractivity contribution in [3.63, 3.8) is 0 Å². The number of aromatic nitrogens is 2.